The maximum Gasteiger partial charge on any atom is 0.205 e. The molecule has 0 spiro atoms. The summed E-state index contributed by atoms with van der Waals surface area (Å²) in [5.41, 5.74) is 8.93. The maximum atomic E-state index is 14.4. The van der Waals surface area contributed by atoms with Gasteiger partial charge in [-0.2, -0.15) is 5.26 Å². The summed E-state index contributed by atoms with van der Waals surface area (Å²) in [7, 11) is 0. The van der Waals surface area contributed by atoms with Gasteiger partial charge in [-0.15, -0.1) is 0 Å². The Labute approximate surface area is 191 Å². The highest BCUT2D eigenvalue weighted by molar-refractivity contribution is 6.01. The molecule has 1 atom stereocenters. The molecule has 2 heterocycles. The molecule has 0 fully saturated rings. The van der Waals surface area contributed by atoms with Gasteiger partial charge in [-0.3, -0.25) is 4.79 Å². The second-order valence-corrected chi connectivity index (χ2v) is 9.52. The number of ketones is 1. The molecule has 5 nitrogen and oxygen atoms in total. The van der Waals surface area contributed by atoms with Gasteiger partial charge in [0.25, 0.3) is 0 Å². The van der Waals surface area contributed by atoms with E-state index >= 15 is 0 Å². The van der Waals surface area contributed by atoms with E-state index in [0.717, 1.165) is 16.5 Å². The largest absolute Gasteiger partial charge is 0.444 e. The zero-order valence-corrected chi connectivity index (χ0v) is 18.6. The molecule has 1 aliphatic heterocycles. The van der Waals surface area contributed by atoms with E-state index in [9.17, 15) is 14.4 Å². The fourth-order valence-corrected chi connectivity index (χ4v) is 5.04. The molecule has 166 valence electrons. The van der Waals surface area contributed by atoms with Crippen molar-refractivity contribution in [3.05, 3.63) is 94.5 Å². The Morgan fingerprint density at radius 2 is 1.91 bits per heavy atom. The second kappa shape index (κ2) is 7.63. The first-order valence-corrected chi connectivity index (χ1v) is 10.9. The Kier molecular flexibility index (Phi) is 4.86. The number of nitriles is 1. The number of allylic oxidation sites excluding steroid dienone is 3. The fourth-order valence-electron chi connectivity index (χ4n) is 5.04. The third-order valence-corrected chi connectivity index (χ3v) is 6.50. The first-order valence-electron chi connectivity index (χ1n) is 10.9. The lowest BCUT2D eigenvalue weighted by atomic mass is 9.70. The van der Waals surface area contributed by atoms with Crippen molar-refractivity contribution < 1.29 is 13.9 Å². The first-order chi connectivity index (χ1) is 15.8. The summed E-state index contributed by atoms with van der Waals surface area (Å²) in [6.07, 6.45) is 2.85. The summed E-state index contributed by atoms with van der Waals surface area (Å²) in [4.78, 5) is 13.3. The Bertz CT molecular complexity index is 1400. The van der Waals surface area contributed by atoms with Crippen LogP contribution in [0.4, 0.5) is 4.39 Å². The van der Waals surface area contributed by atoms with Gasteiger partial charge in [-0.05, 0) is 23.1 Å². The van der Waals surface area contributed by atoms with Crippen LogP contribution in [0.25, 0.3) is 10.9 Å². The molecule has 2 aliphatic rings. The van der Waals surface area contributed by atoms with Crippen LogP contribution in [0.5, 0.6) is 0 Å². The van der Waals surface area contributed by atoms with Crippen LogP contribution in [0.15, 0.2) is 77.5 Å². The highest BCUT2D eigenvalue weighted by atomic mass is 19.1. The number of carbonyl (C=O) groups excluding carboxylic acids is 1. The number of hydrogen-bond acceptors (Lipinski definition) is 4. The minimum Gasteiger partial charge on any atom is -0.444 e. The Balaban J connectivity index is 1.71. The molecule has 0 bridgehead atoms. The number of benzene rings is 2. The minimum atomic E-state index is -0.617. The quantitative estimate of drug-likeness (QED) is 0.600. The second-order valence-electron chi connectivity index (χ2n) is 9.52. The summed E-state index contributed by atoms with van der Waals surface area (Å²) < 4.78 is 22.2. The third kappa shape index (κ3) is 3.50. The van der Waals surface area contributed by atoms with Gasteiger partial charge in [-0.1, -0.05) is 50.2 Å². The van der Waals surface area contributed by atoms with Crippen molar-refractivity contribution in [1.29, 1.82) is 5.26 Å². The summed E-state index contributed by atoms with van der Waals surface area (Å²) in [6, 6.07) is 16.6. The van der Waals surface area contributed by atoms with E-state index in [-0.39, 0.29) is 28.5 Å². The summed E-state index contributed by atoms with van der Waals surface area (Å²) in [5.74, 6) is -0.340. The molecule has 1 aliphatic carbocycles. The number of ether oxygens (including phenoxy) is 1. The summed E-state index contributed by atoms with van der Waals surface area (Å²) in [5, 5.41) is 10.9. The minimum absolute atomic E-state index is 0.0302. The average molecular weight is 442 g/mol. The van der Waals surface area contributed by atoms with E-state index < -0.39 is 5.92 Å². The lowest BCUT2D eigenvalue weighted by Gasteiger charge is -2.37. The van der Waals surface area contributed by atoms with Crippen LogP contribution in [-0.4, -0.2) is 10.4 Å². The molecule has 3 aromatic rings. The molecule has 0 saturated carbocycles. The first kappa shape index (κ1) is 21.0. The molecule has 6 heteroatoms. The number of aromatic nitrogens is 1. The third-order valence-electron chi connectivity index (χ3n) is 6.50. The zero-order valence-electron chi connectivity index (χ0n) is 18.6. The number of Topliss-reactive ketones (excluding diaryl/α,β-unsaturated/α-hetero) is 1. The van der Waals surface area contributed by atoms with Crippen molar-refractivity contribution in [1.82, 2.24) is 4.57 Å². The zero-order chi connectivity index (χ0) is 23.3. The van der Waals surface area contributed by atoms with Crippen molar-refractivity contribution in [2.45, 2.75) is 39.2 Å². The fraction of sp³-hybridized carbons (Fsp3) is 0.259. The Morgan fingerprint density at radius 3 is 2.67 bits per heavy atom. The highest BCUT2D eigenvalue weighted by Gasteiger charge is 2.43. The van der Waals surface area contributed by atoms with Crippen LogP contribution >= 0.6 is 0 Å². The number of nitrogens with zero attached hydrogens (tertiary/aromatic N) is 2. The molecule has 0 amide bonds. The van der Waals surface area contributed by atoms with Crippen LogP contribution in [0.2, 0.25) is 0 Å². The Hall–Kier alpha value is -3.85. The van der Waals surface area contributed by atoms with Crippen LogP contribution in [0.1, 0.15) is 43.7 Å². The highest BCUT2D eigenvalue weighted by Crippen LogP contribution is 2.49. The van der Waals surface area contributed by atoms with Crippen LogP contribution in [0, 0.1) is 22.6 Å². The van der Waals surface area contributed by atoms with Gasteiger partial charge in [0.05, 0.1) is 12.5 Å². The molecule has 33 heavy (non-hydrogen) atoms. The number of hydrogen-bond donors (Lipinski definition) is 1. The lowest BCUT2D eigenvalue weighted by molar-refractivity contribution is -0.119. The van der Waals surface area contributed by atoms with E-state index in [4.69, 9.17) is 10.5 Å². The number of nitrogens with two attached hydrogens (primary N) is 1. The predicted molar refractivity (Wildman–Crippen MR) is 123 cm³/mol. The molecule has 5 rings (SSSR count). The molecule has 0 radical (unpaired) electrons. The number of para-hydroxylation sites is 1. The predicted octanol–water partition coefficient (Wildman–Crippen LogP) is 5.28. The standard InChI is InChI=1S/C27H24FN3O2/c1-27(2)11-22(32)25-23(12-27)33-26(30)18(13-29)24(25)19-15-31(21-10-6-4-8-17(19)21)14-16-7-3-5-9-20(16)28/h3-10,15,24H,11-12,14,30H2,1-2H3. The smallest absolute Gasteiger partial charge is 0.205 e. The average Bonchev–Trinajstić information content (AvgIpc) is 3.12. The van der Waals surface area contributed by atoms with Crippen molar-refractivity contribution in [3.8, 4) is 6.07 Å². The van der Waals surface area contributed by atoms with Crippen LogP contribution in [0.3, 0.4) is 0 Å². The maximum absolute atomic E-state index is 14.4. The van der Waals surface area contributed by atoms with Gasteiger partial charge in [0.2, 0.25) is 5.88 Å². The number of fused-ring (bicyclic) bond motifs is 1. The van der Waals surface area contributed by atoms with Crippen molar-refractivity contribution in [2.24, 2.45) is 11.1 Å². The molecule has 2 N–H and O–H groups in total. The van der Waals surface area contributed by atoms with Crippen LogP contribution in [-0.2, 0) is 16.1 Å². The van der Waals surface area contributed by atoms with Gasteiger partial charge in [0.15, 0.2) is 5.78 Å². The van der Waals surface area contributed by atoms with Crippen LogP contribution < -0.4 is 5.73 Å². The molecule has 2 aromatic carbocycles. The van der Waals surface area contributed by atoms with E-state index in [1.807, 2.05) is 48.9 Å². The molecule has 1 aromatic heterocycles. The molecule has 1 unspecified atom stereocenters. The Morgan fingerprint density at radius 1 is 1.18 bits per heavy atom. The van der Waals surface area contributed by atoms with E-state index in [2.05, 4.69) is 6.07 Å². The molecular formula is C27H24FN3O2. The molecular weight excluding hydrogens is 417 g/mol. The summed E-state index contributed by atoms with van der Waals surface area (Å²) in [6.45, 7) is 4.37. The monoisotopic (exact) mass is 441 g/mol. The van der Waals surface area contributed by atoms with Gasteiger partial charge >= 0.3 is 0 Å². The summed E-state index contributed by atoms with van der Waals surface area (Å²) >= 11 is 0. The SMILES string of the molecule is CC1(C)CC(=O)C2=C(C1)OC(N)=C(C#N)C2c1cn(Cc2ccccc2F)c2ccccc12. The van der Waals surface area contributed by atoms with Gasteiger partial charge in [0.1, 0.15) is 23.2 Å². The van der Waals surface area contributed by atoms with E-state index in [1.54, 1.807) is 18.2 Å². The van der Waals surface area contributed by atoms with Gasteiger partial charge in [0, 0.05) is 41.1 Å². The van der Waals surface area contributed by atoms with E-state index in [1.165, 1.54) is 6.07 Å². The number of carbonyl (C=O) groups is 1. The number of rotatable bonds is 3. The number of halogens is 1. The van der Waals surface area contributed by atoms with Crippen molar-refractivity contribution in [3.63, 3.8) is 0 Å². The van der Waals surface area contributed by atoms with E-state index in [0.29, 0.717) is 36.3 Å². The van der Waals surface area contributed by atoms with Gasteiger partial charge < -0.3 is 15.0 Å². The lowest BCUT2D eigenvalue weighted by Crippen LogP contribution is -2.33. The van der Waals surface area contributed by atoms with Gasteiger partial charge in [-0.25, -0.2) is 4.39 Å². The molecule has 0 saturated heterocycles. The topological polar surface area (TPSA) is 81.0 Å². The van der Waals surface area contributed by atoms with Crippen molar-refractivity contribution >= 4 is 16.7 Å². The normalized spacial score (nSPS) is 19.9. The van der Waals surface area contributed by atoms with Crippen molar-refractivity contribution in [2.75, 3.05) is 0 Å².